The number of ether oxygens (including phenoxy) is 2. The van der Waals surface area contributed by atoms with Gasteiger partial charge in [-0.15, -0.1) is 0 Å². The highest BCUT2D eigenvalue weighted by molar-refractivity contribution is 5.83. The Labute approximate surface area is 172 Å². The number of nitrogens with zero attached hydrogens (tertiary/aromatic N) is 2. The number of nitro benzene ring substituents is 1. The molecule has 0 fully saturated rings. The molecule has 1 N–H and O–H groups in total. The van der Waals surface area contributed by atoms with Crippen molar-refractivity contribution in [1.29, 1.82) is 0 Å². The molecule has 0 aromatic heterocycles. The Morgan fingerprint density at radius 1 is 0.967 bits per heavy atom. The summed E-state index contributed by atoms with van der Waals surface area (Å²) in [6.45, 7) is 0.188. The normalized spacial score (nSPS) is 10.5. The second kappa shape index (κ2) is 10.4. The van der Waals surface area contributed by atoms with Crippen LogP contribution >= 0.6 is 0 Å². The maximum absolute atomic E-state index is 11.8. The van der Waals surface area contributed by atoms with Crippen LogP contribution in [0.1, 0.15) is 11.1 Å². The largest absolute Gasteiger partial charge is 0.489 e. The number of hydrazone groups is 1. The number of rotatable bonds is 9. The average molecular weight is 405 g/mol. The van der Waals surface area contributed by atoms with Gasteiger partial charge in [0, 0.05) is 12.1 Å². The minimum Gasteiger partial charge on any atom is -0.489 e. The van der Waals surface area contributed by atoms with Crippen LogP contribution in [0.15, 0.2) is 84.0 Å². The first-order valence-corrected chi connectivity index (χ1v) is 9.06. The van der Waals surface area contributed by atoms with Gasteiger partial charge in [0.25, 0.3) is 11.6 Å². The molecule has 0 aliphatic heterocycles. The first-order valence-electron chi connectivity index (χ1n) is 9.06. The van der Waals surface area contributed by atoms with Crippen LogP contribution in [0.2, 0.25) is 0 Å². The highest BCUT2D eigenvalue weighted by atomic mass is 16.6. The molecule has 1 amide bonds. The second-order valence-corrected chi connectivity index (χ2v) is 6.18. The second-order valence-electron chi connectivity index (χ2n) is 6.18. The van der Waals surface area contributed by atoms with Crippen LogP contribution in [0, 0.1) is 10.1 Å². The maximum atomic E-state index is 11.8. The molecule has 8 heteroatoms. The lowest BCUT2D eigenvalue weighted by Gasteiger charge is -2.07. The zero-order chi connectivity index (χ0) is 21.2. The number of carbonyl (C=O) groups is 1. The van der Waals surface area contributed by atoms with Gasteiger partial charge in [-0.05, 0) is 35.4 Å². The van der Waals surface area contributed by atoms with Gasteiger partial charge in [0.2, 0.25) is 0 Å². The molecular formula is C22H19N3O5. The molecule has 0 saturated carbocycles. The zero-order valence-electron chi connectivity index (χ0n) is 15.9. The summed E-state index contributed by atoms with van der Waals surface area (Å²) in [5.41, 5.74) is 4.14. The van der Waals surface area contributed by atoms with Gasteiger partial charge in [0.1, 0.15) is 18.1 Å². The first kappa shape index (κ1) is 20.5. The van der Waals surface area contributed by atoms with Crippen LogP contribution in [-0.4, -0.2) is 23.7 Å². The van der Waals surface area contributed by atoms with Crippen molar-refractivity contribution in [3.63, 3.8) is 0 Å². The van der Waals surface area contributed by atoms with Gasteiger partial charge in [-0.2, -0.15) is 5.10 Å². The highest BCUT2D eigenvalue weighted by Crippen LogP contribution is 2.17. The molecule has 0 atom stereocenters. The van der Waals surface area contributed by atoms with Crippen LogP contribution in [0.5, 0.6) is 11.5 Å². The van der Waals surface area contributed by atoms with Gasteiger partial charge >= 0.3 is 0 Å². The van der Waals surface area contributed by atoms with E-state index in [4.69, 9.17) is 9.47 Å². The van der Waals surface area contributed by atoms with E-state index in [9.17, 15) is 14.9 Å². The van der Waals surface area contributed by atoms with E-state index in [0.29, 0.717) is 18.1 Å². The van der Waals surface area contributed by atoms with Crippen molar-refractivity contribution in [2.24, 2.45) is 5.10 Å². The highest BCUT2D eigenvalue weighted by Gasteiger charge is 2.06. The number of amides is 1. The predicted octanol–water partition coefficient (Wildman–Crippen LogP) is 3.70. The van der Waals surface area contributed by atoms with E-state index < -0.39 is 10.8 Å². The van der Waals surface area contributed by atoms with Gasteiger partial charge in [-0.25, -0.2) is 5.43 Å². The van der Waals surface area contributed by atoms with Crippen molar-refractivity contribution in [3.8, 4) is 11.5 Å². The number of non-ortho nitro benzene ring substituents is 1. The summed E-state index contributed by atoms with van der Waals surface area (Å²) in [5.74, 6) is 0.583. The van der Waals surface area contributed by atoms with E-state index in [2.05, 4.69) is 10.5 Å². The van der Waals surface area contributed by atoms with E-state index in [1.807, 2.05) is 54.6 Å². The van der Waals surface area contributed by atoms with E-state index in [0.717, 1.165) is 11.1 Å². The lowest BCUT2D eigenvalue weighted by atomic mass is 10.2. The third kappa shape index (κ3) is 6.45. The molecule has 3 aromatic rings. The van der Waals surface area contributed by atoms with E-state index in [1.165, 1.54) is 30.5 Å². The molecule has 0 aliphatic carbocycles. The quantitative estimate of drug-likeness (QED) is 0.332. The summed E-state index contributed by atoms with van der Waals surface area (Å²) in [5, 5.41) is 14.5. The lowest BCUT2D eigenvalue weighted by Crippen LogP contribution is -2.24. The fraction of sp³-hybridized carbons (Fsp3) is 0.0909. The molecule has 8 nitrogen and oxygen atoms in total. The Hall–Kier alpha value is -4.20. The van der Waals surface area contributed by atoms with Crippen LogP contribution in [0.4, 0.5) is 5.69 Å². The summed E-state index contributed by atoms with van der Waals surface area (Å²) >= 11 is 0. The van der Waals surface area contributed by atoms with Crippen molar-refractivity contribution >= 4 is 17.8 Å². The van der Waals surface area contributed by atoms with Crippen LogP contribution < -0.4 is 14.9 Å². The molecule has 0 bridgehead atoms. The maximum Gasteiger partial charge on any atom is 0.277 e. The minimum atomic E-state index is -0.507. The minimum absolute atomic E-state index is 0.0496. The average Bonchev–Trinajstić information content (AvgIpc) is 2.77. The molecule has 0 spiro atoms. The fourth-order valence-corrected chi connectivity index (χ4v) is 2.45. The SMILES string of the molecule is O=C(COc1ccc([N+](=O)[O-])cc1)NN=Cc1cccc(OCc2ccccc2)c1. The van der Waals surface area contributed by atoms with Gasteiger partial charge in [-0.1, -0.05) is 42.5 Å². The summed E-state index contributed by atoms with van der Waals surface area (Å²) in [6, 6.07) is 22.6. The molecule has 0 unspecified atom stereocenters. The first-order chi connectivity index (χ1) is 14.6. The van der Waals surface area contributed by atoms with Crippen LogP contribution in [0.25, 0.3) is 0 Å². The number of hydrogen-bond donors (Lipinski definition) is 1. The van der Waals surface area contributed by atoms with Crippen molar-refractivity contribution in [1.82, 2.24) is 5.43 Å². The van der Waals surface area contributed by atoms with Gasteiger partial charge in [0.15, 0.2) is 6.61 Å². The van der Waals surface area contributed by atoms with E-state index >= 15 is 0 Å². The number of carbonyl (C=O) groups excluding carboxylic acids is 1. The molecule has 0 aliphatic rings. The van der Waals surface area contributed by atoms with E-state index in [1.54, 1.807) is 0 Å². The molecule has 3 rings (SSSR count). The number of nitrogens with one attached hydrogen (secondary N) is 1. The Bertz CT molecular complexity index is 1020. The Balaban J connectivity index is 1.45. The summed E-state index contributed by atoms with van der Waals surface area (Å²) in [4.78, 5) is 21.9. The molecule has 30 heavy (non-hydrogen) atoms. The van der Waals surface area contributed by atoms with Gasteiger partial charge < -0.3 is 9.47 Å². The van der Waals surface area contributed by atoms with Crippen molar-refractivity contribution in [2.75, 3.05) is 6.61 Å². The summed E-state index contributed by atoms with van der Waals surface area (Å²) in [7, 11) is 0. The third-order valence-electron chi connectivity index (χ3n) is 3.93. The fourth-order valence-electron chi connectivity index (χ4n) is 2.45. The molecular weight excluding hydrogens is 386 g/mol. The van der Waals surface area contributed by atoms with Crippen molar-refractivity contribution < 1.29 is 19.2 Å². The lowest BCUT2D eigenvalue weighted by molar-refractivity contribution is -0.384. The Morgan fingerprint density at radius 2 is 1.73 bits per heavy atom. The molecule has 0 heterocycles. The zero-order valence-corrected chi connectivity index (χ0v) is 15.9. The molecule has 0 saturated heterocycles. The van der Waals surface area contributed by atoms with Crippen LogP contribution in [-0.2, 0) is 11.4 Å². The summed E-state index contributed by atoms with van der Waals surface area (Å²) < 4.78 is 11.0. The monoisotopic (exact) mass is 405 g/mol. The standard InChI is InChI=1S/C22H19N3O5/c26-22(16-30-20-11-9-19(10-12-20)25(27)28)24-23-14-18-7-4-8-21(13-18)29-15-17-5-2-1-3-6-17/h1-14H,15-16H2,(H,24,26). The Kier molecular flexibility index (Phi) is 7.10. The van der Waals surface area contributed by atoms with E-state index in [-0.39, 0.29) is 12.3 Å². The molecule has 3 aromatic carbocycles. The molecule has 152 valence electrons. The Morgan fingerprint density at radius 3 is 2.47 bits per heavy atom. The van der Waals surface area contributed by atoms with Crippen molar-refractivity contribution in [3.05, 3.63) is 100 Å². The number of nitro groups is 1. The van der Waals surface area contributed by atoms with Crippen molar-refractivity contribution in [2.45, 2.75) is 6.61 Å². The topological polar surface area (TPSA) is 103 Å². The van der Waals surface area contributed by atoms with Gasteiger partial charge in [0.05, 0.1) is 11.1 Å². The third-order valence-corrected chi connectivity index (χ3v) is 3.93. The van der Waals surface area contributed by atoms with Crippen LogP contribution in [0.3, 0.4) is 0 Å². The van der Waals surface area contributed by atoms with Gasteiger partial charge in [-0.3, -0.25) is 14.9 Å². The number of benzene rings is 3. The smallest absolute Gasteiger partial charge is 0.277 e. The number of hydrogen-bond acceptors (Lipinski definition) is 6. The predicted molar refractivity (Wildman–Crippen MR) is 112 cm³/mol. The summed E-state index contributed by atoms with van der Waals surface area (Å²) in [6.07, 6.45) is 1.50. The molecule has 0 radical (unpaired) electrons.